The fourth-order valence-electron chi connectivity index (χ4n) is 2.56. The molecule has 2 aromatic carbocycles. The first-order valence-electron chi connectivity index (χ1n) is 6.75. The minimum Gasteiger partial charge on any atom is -0.493 e. The van der Waals surface area contributed by atoms with Gasteiger partial charge in [0, 0.05) is 4.47 Å². The predicted octanol–water partition coefficient (Wildman–Crippen LogP) is 4.31. The molecule has 106 valence electrons. The van der Waals surface area contributed by atoms with Gasteiger partial charge < -0.3 is 5.11 Å². The zero-order chi connectivity index (χ0) is 15.0. The maximum absolute atomic E-state index is 10.3. The molecule has 0 radical (unpaired) electrons. The maximum Gasteiger partial charge on any atom is 0.222 e. The molecule has 0 bridgehead atoms. The highest BCUT2D eigenvalue weighted by atomic mass is 79.9. The number of aromatic nitrogens is 2. The lowest BCUT2D eigenvalue weighted by Crippen LogP contribution is -1.98. The Morgan fingerprint density at radius 2 is 1.81 bits per heavy atom. The molecule has 0 saturated heterocycles. The number of fused-ring (bicyclic) bond motifs is 1. The molecule has 0 unspecified atom stereocenters. The molecule has 1 heterocycles. The summed E-state index contributed by atoms with van der Waals surface area (Å²) in [5.74, 6) is 0.622. The lowest BCUT2D eigenvalue weighted by Gasteiger charge is -2.13. The first-order valence-corrected chi connectivity index (χ1v) is 7.55. The Morgan fingerprint density at radius 1 is 1.10 bits per heavy atom. The van der Waals surface area contributed by atoms with E-state index in [9.17, 15) is 5.11 Å². The Labute approximate surface area is 131 Å². The van der Waals surface area contributed by atoms with Crippen molar-refractivity contribution in [2.75, 3.05) is 0 Å². The molecular formula is C17H15BrN2O. The van der Waals surface area contributed by atoms with Crippen LogP contribution in [0, 0.1) is 13.8 Å². The number of benzene rings is 2. The first kappa shape index (κ1) is 14.0. The second kappa shape index (κ2) is 5.45. The molecule has 0 amide bonds. The zero-order valence-electron chi connectivity index (χ0n) is 11.9. The highest BCUT2D eigenvalue weighted by Crippen LogP contribution is 2.34. The van der Waals surface area contributed by atoms with Crippen molar-refractivity contribution < 1.29 is 5.11 Å². The lowest BCUT2D eigenvalue weighted by molar-refractivity contribution is 0.457. The van der Waals surface area contributed by atoms with Gasteiger partial charge >= 0.3 is 0 Å². The molecule has 1 N–H and O–H groups in total. The molecule has 3 rings (SSSR count). The Morgan fingerprint density at radius 3 is 2.52 bits per heavy atom. The third-order valence-corrected chi connectivity index (χ3v) is 4.62. The summed E-state index contributed by atoms with van der Waals surface area (Å²) in [4.78, 5) is 8.55. The summed E-state index contributed by atoms with van der Waals surface area (Å²) >= 11 is 3.64. The van der Waals surface area contributed by atoms with Crippen LogP contribution in [-0.4, -0.2) is 15.1 Å². The molecule has 3 aromatic rings. The van der Waals surface area contributed by atoms with Gasteiger partial charge in [0.2, 0.25) is 5.88 Å². The minimum atomic E-state index is 0.0455. The van der Waals surface area contributed by atoms with Crippen molar-refractivity contribution in [3.8, 4) is 5.88 Å². The Bertz CT molecular complexity index is 816. The molecule has 4 heteroatoms. The average molecular weight is 343 g/mol. The number of aromatic hydroxyl groups is 1. The van der Waals surface area contributed by atoms with E-state index in [1.807, 2.05) is 31.2 Å². The fourth-order valence-corrected chi connectivity index (χ4v) is 3.01. The van der Waals surface area contributed by atoms with E-state index in [0.29, 0.717) is 5.82 Å². The molecule has 0 aliphatic heterocycles. The molecule has 0 aliphatic carbocycles. The van der Waals surface area contributed by atoms with Crippen molar-refractivity contribution in [2.45, 2.75) is 20.3 Å². The topological polar surface area (TPSA) is 46.0 Å². The van der Waals surface area contributed by atoms with Gasteiger partial charge in [-0.05, 0) is 43.0 Å². The molecular weight excluding hydrogens is 328 g/mol. The van der Waals surface area contributed by atoms with E-state index in [2.05, 4.69) is 38.0 Å². The third kappa shape index (κ3) is 2.63. The van der Waals surface area contributed by atoms with Gasteiger partial charge in [-0.2, -0.15) is 4.98 Å². The van der Waals surface area contributed by atoms with Gasteiger partial charge in [-0.1, -0.05) is 46.3 Å². The summed E-state index contributed by atoms with van der Waals surface area (Å²) < 4.78 is 1.00. The number of nitrogens with zero attached hydrogens (tertiary/aromatic N) is 2. The van der Waals surface area contributed by atoms with Gasteiger partial charge in [0.05, 0.1) is 10.9 Å². The van der Waals surface area contributed by atoms with Gasteiger partial charge in [0.15, 0.2) is 0 Å². The van der Waals surface area contributed by atoms with Crippen LogP contribution in [0.4, 0.5) is 0 Å². The van der Waals surface area contributed by atoms with E-state index >= 15 is 0 Å². The van der Waals surface area contributed by atoms with E-state index in [-0.39, 0.29) is 5.88 Å². The van der Waals surface area contributed by atoms with Crippen LogP contribution in [0.25, 0.3) is 10.9 Å². The van der Waals surface area contributed by atoms with Crippen molar-refractivity contribution in [1.29, 1.82) is 0 Å². The molecule has 1 aromatic heterocycles. The lowest BCUT2D eigenvalue weighted by atomic mass is 9.99. The normalized spacial score (nSPS) is 11.0. The van der Waals surface area contributed by atoms with E-state index in [1.165, 1.54) is 5.56 Å². The smallest absolute Gasteiger partial charge is 0.222 e. The summed E-state index contributed by atoms with van der Waals surface area (Å²) in [6.07, 6.45) is 0.722. The first-order chi connectivity index (χ1) is 10.1. The average Bonchev–Trinajstić information content (AvgIpc) is 2.44. The Balaban J connectivity index is 2.27. The maximum atomic E-state index is 10.3. The molecule has 0 saturated carbocycles. The summed E-state index contributed by atoms with van der Waals surface area (Å²) in [6.45, 7) is 3.82. The highest BCUT2D eigenvalue weighted by molar-refractivity contribution is 9.10. The van der Waals surface area contributed by atoms with Crippen molar-refractivity contribution in [3.05, 3.63) is 63.4 Å². The number of halogens is 1. The SMILES string of the molecule is Cc1nc(O)c2c(Cc3ccccc3)c(Br)c(C)cc2n1. The Kier molecular flexibility index (Phi) is 3.64. The standard InChI is InChI=1S/C17H15BrN2O/c1-10-8-14-15(17(21)20-11(2)19-14)13(16(10)18)9-12-6-4-3-5-7-12/h3-8H,9H2,1-2H3,(H,19,20,21). The zero-order valence-corrected chi connectivity index (χ0v) is 13.5. The van der Waals surface area contributed by atoms with E-state index in [0.717, 1.165) is 32.9 Å². The summed E-state index contributed by atoms with van der Waals surface area (Å²) in [5.41, 5.74) is 4.09. The molecule has 0 aliphatic rings. The predicted molar refractivity (Wildman–Crippen MR) is 87.6 cm³/mol. The highest BCUT2D eigenvalue weighted by Gasteiger charge is 2.15. The molecule has 0 fully saturated rings. The van der Waals surface area contributed by atoms with Crippen molar-refractivity contribution in [1.82, 2.24) is 9.97 Å². The van der Waals surface area contributed by atoms with Crippen LogP contribution in [0.1, 0.15) is 22.5 Å². The number of hydrogen-bond donors (Lipinski definition) is 1. The van der Waals surface area contributed by atoms with Gasteiger partial charge in [-0.15, -0.1) is 0 Å². The Hall–Kier alpha value is -1.94. The molecule has 0 atom stereocenters. The van der Waals surface area contributed by atoms with E-state index < -0.39 is 0 Å². The van der Waals surface area contributed by atoms with Gasteiger partial charge in [-0.25, -0.2) is 4.98 Å². The second-order valence-electron chi connectivity index (χ2n) is 5.14. The van der Waals surface area contributed by atoms with E-state index in [1.54, 1.807) is 6.92 Å². The summed E-state index contributed by atoms with van der Waals surface area (Å²) in [5, 5.41) is 11.0. The second-order valence-corrected chi connectivity index (χ2v) is 5.93. The number of hydrogen-bond acceptors (Lipinski definition) is 3. The van der Waals surface area contributed by atoms with Crippen LogP contribution >= 0.6 is 15.9 Å². The van der Waals surface area contributed by atoms with Crippen LogP contribution in [0.2, 0.25) is 0 Å². The summed E-state index contributed by atoms with van der Waals surface area (Å²) in [6, 6.07) is 12.2. The van der Waals surface area contributed by atoms with Crippen molar-refractivity contribution in [3.63, 3.8) is 0 Å². The molecule has 0 spiro atoms. The molecule has 3 nitrogen and oxygen atoms in total. The van der Waals surface area contributed by atoms with Crippen LogP contribution < -0.4 is 0 Å². The van der Waals surface area contributed by atoms with Crippen LogP contribution in [0.15, 0.2) is 40.9 Å². The third-order valence-electron chi connectivity index (χ3n) is 3.52. The van der Waals surface area contributed by atoms with Gasteiger partial charge in [-0.3, -0.25) is 0 Å². The van der Waals surface area contributed by atoms with Crippen LogP contribution in [0.3, 0.4) is 0 Å². The monoisotopic (exact) mass is 342 g/mol. The van der Waals surface area contributed by atoms with E-state index in [4.69, 9.17) is 0 Å². The van der Waals surface area contributed by atoms with Crippen LogP contribution in [-0.2, 0) is 6.42 Å². The van der Waals surface area contributed by atoms with Crippen LogP contribution in [0.5, 0.6) is 5.88 Å². The largest absolute Gasteiger partial charge is 0.493 e. The quantitative estimate of drug-likeness (QED) is 0.754. The van der Waals surface area contributed by atoms with Gasteiger partial charge in [0.25, 0.3) is 0 Å². The minimum absolute atomic E-state index is 0.0455. The summed E-state index contributed by atoms with van der Waals surface area (Å²) in [7, 11) is 0. The van der Waals surface area contributed by atoms with Crippen molar-refractivity contribution >= 4 is 26.8 Å². The van der Waals surface area contributed by atoms with Gasteiger partial charge in [0.1, 0.15) is 5.82 Å². The number of rotatable bonds is 2. The molecule has 21 heavy (non-hydrogen) atoms. The number of aryl methyl sites for hydroxylation is 2. The fraction of sp³-hybridized carbons (Fsp3) is 0.176. The van der Waals surface area contributed by atoms with Crippen molar-refractivity contribution in [2.24, 2.45) is 0 Å².